The van der Waals surface area contributed by atoms with Crippen molar-refractivity contribution in [3.05, 3.63) is 40.7 Å². The molecule has 1 nitrogen and oxygen atoms in total. The minimum Gasteiger partial charge on any atom is -0.244 e. The summed E-state index contributed by atoms with van der Waals surface area (Å²) >= 11 is 1.21. The lowest BCUT2D eigenvalue weighted by Gasteiger charge is -2.01. The van der Waals surface area contributed by atoms with Crippen LogP contribution >= 0.6 is 11.3 Å². The van der Waals surface area contributed by atoms with Gasteiger partial charge >= 0.3 is 0 Å². The molecule has 16 heavy (non-hydrogen) atoms. The maximum absolute atomic E-state index is 13.4. The number of benzene rings is 1. The third-order valence-electron chi connectivity index (χ3n) is 2.12. The van der Waals surface area contributed by atoms with Crippen LogP contribution in [0.2, 0.25) is 0 Å². The molecule has 84 valence electrons. The molecule has 0 saturated carbocycles. The second kappa shape index (κ2) is 4.25. The number of halogens is 3. The van der Waals surface area contributed by atoms with Gasteiger partial charge in [-0.3, -0.25) is 0 Å². The molecule has 0 aliphatic heterocycles. The first kappa shape index (κ1) is 11.1. The molecule has 0 saturated heterocycles. The highest BCUT2D eigenvalue weighted by molar-refractivity contribution is 7.15. The minimum atomic E-state index is -0.925. The highest BCUT2D eigenvalue weighted by Crippen LogP contribution is 2.30. The van der Waals surface area contributed by atoms with E-state index in [2.05, 4.69) is 4.98 Å². The van der Waals surface area contributed by atoms with Crippen molar-refractivity contribution in [2.45, 2.75) is 13.3 Å². The lowest BCUT2D eigenvalue weighted by molar-refractivity contribution is 0.548. The largest absolute Gasteiger partial charge is 0.244 e. The fraction of sp³-hybridized carbons (Fsp3) is 0.182. The Labute approximate surface area is 94.6 Å². The highest BCUT2D eigenvalue weighted by Gasteiger charge is 2.16. The number of thiazole rings is 1. The Balaban J connectivity index is 2.55. The van der Waals surface area contributed by atoms with Crippen LogP contribution in [-0.4, -0.2) is 4.98 Å². The summed E-state index contributed by atoms with van der Waals surface area (Å²) in [4.78, 5) is 4.85. The van der Waals surface area contributed by atoms with Crippen molar-refractivity contribution < 1.29 is 13.2 Å². The van der Waals surface area contributed by atoms with Crippen molar-refractivity contribution in [3.8, 4) is 10.6 Å². The van der Waals surface area contributed by atoms with Gasteiger partial charge in [0, 0.05) is 23.2 Å². The van der Waals surface area contributed by atoms with Crippen molar-refractivity contribution in [3.63, 3.8) is 0 Å². The summed E-state index contributed by atoms with van der Waals surface area (Å²) in [6.07, 6.45) is 2.32. The Morgan fingerprint density at radius 1 is 1.19 bits per heavy atom. The third-order valence-corrected chi connectivity index (χ3v) is 3.28. The predicted octanol–water partition coefficient (Wildman–Crippen LogP) is 3.79. The van der Waals surface area contributed by atoms with Gasteiger partial charge in [-0.25, -0.2) is 18.2 Å². The van der Waals surface area contributed by atoms with Crippen LogP contribution < -0.4 is 0 Å². The van der Waals surface area contributed by atoms with Gasteiger partial charge in [-0.1, -0.05) is 6.92 Å². The van der Waals surface area contributed by atoms with Crippen LogP contribution in [0.4, 0.5) is 13.2 Å². The summed E-state index contributed by atoms with van der Waals surface area (Å²) in [6, 6.07) is 1.32. The molecule has 0 aliphatic rings. The molecule has 0 spiro atoms. The van der Waals surface area contributed by atoms with E-state index in [-0.39, 0.29) is 10.6 Å². The SMILES string of the molecule is CCc1cnc(-c2c(F)cc(F)cc2F)s1. The minimum absolute atomic E-state index is 0.242. The Bertz CT molecular complexity index is 499. The molecule has 5 heteroatoms. The Morgan fingerprint density at radius 2 is 1.81 bits per heavy atom. The standard InChI is InChI=1S/C11H8F3NS/c1-2-7-5-15-11(16-7)10-8(13)3-6(12)4-9(10)14/h3-5H,2H2,1H3. The van der Waals surface area contributed by atoms with E-state index < -0.39 is 17.5 Å². The Kier molecular flexibility index (Phi) is 2.96. The molecule has 0 radical (unpaired) electrons. The monoisotopic (exact) mass is 243 g/mol. The average Bonchev–Trinajstić information content (AvgIpc) is 2.64. The molecule has 2 rings (SSSR count). The van der Waals surface area contributed by atoms with Crippen LogP contribution in [0.25, 0.3) is 10.6 Å². The van der Waals surface area contributed by atoms with Gasteiger partial charge in [0.2, 0.25) is 0 Å². The molecular formula is C11H8F3NS. The number of aryl methyl sites for hydroxylation is 1. The molecule has 0 fully saturated rings. The molecule has 0 amide bonds. The molecule has 1 heterocycles. The molecule has 0 N–H and O–H groups in total. The van der Waals surface area contributed by atoms with Crippen LogP contribution in [0.15, 0.2) is 18.3 Å². The molecule has 1 aromatic carbocycles. The maximum Gasteiger partial charge on any atom is 0.139 e. The van der Waals surface area contributed by atoms with E-state index >= 15 is 0 Å². The first-order valence-corrected chi connectivity index (χ1v) is 5.53. The summed E-state index contributed by atoms with van der Waals surface area (Å²) in [5, 5.41) is 0.242. The van der Waals surface area contributed by atoms with Crippen molar-refractivity contribution in [2.75, 3.05) is 0 Å². The number of rotatable bonds is 2. The molecule has 0 unspecified atom stereocenters. The predicted molar refractivity (Wildman–Crippen MR) is 56.8 cm³/mol. The second-order valence-corrected chi connectivity index (χ2v) is 4.34. The van der Waals surface area contributed by atoms with Crippen LogP contribution in [0.5, 0.6) is 0 Å². The smallest absolute Gasteiger partial charge is 0.139 e. The fourth-order valence-electron chi connectivity index (χ4n) is 1.33. The van der Waals surface area contributed by atoms with Gasteiger partial charge in [0.05, 0.1) is 5.56 Å². The number of hydrogen-bond donors (Lipinski definition) is 0. The normalized spacial score (nSPS) is 10.8. The topological polar surface area (TPSA) is 12.9 Å². The Morgan fingerprint density at radius 3 is 2.31 bits per heavy atom. The maximum atomic E-state index is 13.4. The van der Waals surface area contributed by atoms with Crippen LogP contribution in [0.3, 0.4) is 0 Å². The van der Waals surface area contributed by atoms with E-state index in [1.54, 1.807) is 6.20 Å². The molecule has 1 aromatic heterocycles. The van der Waals surface area contributed by atoms with Gasteiger partial charge in [-0.15, -0.1) is 11.3 Å². The van der Waals surface area contributed by atoms with Gasteiger partial charge in [0.25, 0.3) is 0 Å². The van der Waals surface area contributed by atoms with Gasteiger partial charge in [-0.05, 0) is 6.42 Å². The summed E-state index contributed by atoms with van der Waals surface area (Å²) in [6.45, 7) is 1.93. The second-order valence-electron chi connectivity index (χ2n) is 3.23. The zero-order chi connectivity index (χ0) is 11.7. The number of nitrogens with zero attached hydrogens (tertiary/aromatic N) is 1. The van der Waals surface area contributed by atoms with E-state index in [9.17, 15) is 13.2 Å². The molecule has 0 bridgehead atoms. The zero-order valence-corrected chi connectivity index (χ0v) is 9.25. The van der Waals surface area contributed by atoms with Gasteiger partial charge in [0.15, 0.2) is 0 Å². The quantitative estimate of drug-likeness (QED) is 0.782. The fourth-order valence-corrected chi connectivity index (χ4v) is 2.23. The highest BCUT2D eigenvalue weighted by atomic mass is 32.1. The van der Waals surface area contributed by atoms with Gasteiger partial charge in [0.1, 0.15) is 22.5 Å². The summed E-state index contributed by atoms with van der Waals surface area (Å²) < 4.78 is 39.5. The molecular weight excluding hydrogens is 235 g/mol. The van der Waals surface area contributed by atoms with Gasteiger partial charge < -0.3 is 0 Å². The first-order chi connectivity index (χ1) is 7.61. The van der Waals surface area contributed by atoms with Crippen molar-refractivity contribution >= 4 is 11.3 Å². The summed E-state index contributed by atoms with van der Waals surface area (Å²) in [5.74, 6) is -2.77. The molecule has 0 aliphatic carbocycles. The summed E-state index contributed by atoms with van der Waals surface area (Å²) in [5.41, 5.74) is -0.258. The van der Waals surface area contributed by atoms with Crippen molar-refractivity contribution in [2.24, 2.45) is 0 Å². The average molecular weight is 243 g/mol. The summed E-state index contributed by atoms with van der Waals surface area (Å²) in [7, 11) is 0. The molecule has 2 aromatic rings. The van der Waals surface area contributed by atoms with E-state index in [0.717, 1.165) is 11.3 Å². The number of aromatic nitrogens is 1. The van der Waals surface area contributed by atoms with E-state index in [4.69, 9.17) is 0 Å². The van der Waals surface area contributed by atoms with Gasteiger partial charge in [-0.2, -0.15) is 0 Å². The van der Waals surface area contributed by atoms with E-state index in [1.807, 2.05) is 6.92 Å². The van der Waals surface area contributed by atoms with E-state index in [0.29, 0.717) is 12.1 Å². The van der Waals surface area contributed by atoms with E-state index in [1.165, 1.54) is 11.3 Å². The first-order valence-electron chi connectivity index (χ1n) is 4.71. The van der Waals surface area contributed by atoms with Crippen LogP contribution in [0.1, 0.15) is 11.8 Å². The zero-order valence-electron chi connectivity index (χ0n) is 8.43. The lowest BCUT2D eigenvalue weighted by atomic mass is 10.2. The lowest BCUT2D eigenvalue weighted by Crippen LogP contribution is -1.91. The number of hydrogen-bond acceptors (Lipinski definition) is 2. The van der Waals surface area contributed by atoms with Crippen molar-refractivity contribution in [1.29, 1.82) is 0 Å². The third kappa shape index (κ3) is 1.95. The molecule has 0 atom stereocenters. The van der Waals surface area contributed by atoms with Crippen molar-refractivity contribution in [1.82, 2.24) is 4.98 Å². The van der Waals surface area contributed by atoms with Crippen LogP contribution in [0, 0.1) is 17.5 Å². The van der Waals surface area contributed by atoms with Crippen LogP contribution in [-0.2, 0) is 6.42 Å². The Hall–Kier alpha value is -1.36.